The normalized spacial score (nSPS) is 18.1. The number of nitrogens with zero attached hydrogens (tertiary/aromatic N) is 2. The first kappa shape index (κ1) is 54.0. The lowest BCUT2D eigenvalue weighted by atomic mass is 9.91. The molecule has 2 aliphatic rings. The molecule has 0 aromatic rings. The van der Waals surface area contributed by atoms with Crippen LogP contribution in [0.3, 0.4) is 0 Å². The third-order valence-corrected chi connectivity index (χ3v) is 14.5. The van der Waals surface area contributed by atoms with Gasteiger partial charge in [0.2, 0.25) is 0 Å². The number of hydrogen-bond donors (Lipinski definition) is 2. The van der Waals surface area contributed by atoms with Gasteiger partial charge in [0.15, 0.2) is 0 Å². The van der Waals surface area contributed by atoms with E-state index in [1.807, 2.05) is 0 Å². The SMILES string of the molecule is NCCCCCCCCCCCCCCCCN1CCCC(CCCCCCCCCCCCC2CCCN(CCCCCCCCCCCCCCCCN)C2)C1. The summed E-state index contributed by atoms with van der Waals surface area (Å²) in [5.74, 6) is 1.99. The summed E-state index contributed by atoms with van der Waals surface area (Å²) >= 11 is 0. The Balaban J connectivity index is 1.27. The summed E-state index contributed by atoms with van der Waals surface area (Å²) in [6.45, 7) is 10.1. The Kier molecular flexibility index (Phi) is 40.5. The summed E-state index contributed by atoms with van der Waals surface area (Å²) in [5.41, 5.74) is 11.2. The highest BCUT2D eigenvalue weighted by Crippen LogP contribution is 2.25. The van der Waals surface area contributed by atoms with Gasteiger partial charge in [-0.25, -0.2) is 0 Å². The van der Waals surface area contributed by atoms with Gasteiger partial charge in [-0.05, 0) is 115 Å². The molecule has 2 fully saturated rings. The highest BCUT2D eigenvalue weighted by molar-refractivity contribution is 4.74. The van der Waals surface area contributed by atoms with Crippen LogP contribution in [0.25, 0.3) is 0 Å². The van der Waals surface area contributed by atoms with E-state index >= 15 is 0 Å². The van der Waals surface area contributed by atoms with Gasteiger partial charge in [-0.1, -0.05) is 218 Å². The van der Waals surface area contributed by atoms with E-state index in [4.69, 9.17) is 11.5 Å². The maximum Gasteiger partial charge on any atom is 0.000966 e. The fourth-order valence-corrected chi connectivity index (χ4v) is 10.7. The first-order chi connectivity index (χ1) is 28.8. The smallest absolute Gasteiger partial charge is 0.000966 e. The molecule has 0 amide bonds. The van der Waals surface area contributed by atoms with Crippen molar-refractivity contribution < 1.29 is 0 Å². The van der Waals surface area contributed by atoms with Crippen LogP contribution in [0.1, 0.15) is 283 Å². The Bertz CT molecular complexity index is 725. The van der Waals surface area contributed by atoms with Crippen molar-refractivity contribution in [2.75, 3.05) is 52.4 Å². The van der Waals surface area contributed by atoms with Crippen molar-refractivity contribution in [1.82, 2.24) is 9.80 Å². The summed E-state index contributed by atoms with van der Waals surface area (Å²) in [6.07, 6.45) is 63.8. The molecule has 2 heterocycles. The maximum atomic E-state index is 5.59. The number of unbranched alkanes of at least 4 members (excludes halogenated alkanes) is 35. The van der Waals surface area contributed by atoms with Crippen LogP contribution in [0.5, 0.6) is 0 Å². The Morgan fingerprint density at radius 2 is 0.500 bits per heavy atom. The van der Waals surface area contributed by atoms with Gasteiger partial charge in [0.1, 0.15) is 0 Å². The first-order valence-corrected chi connectivity index (χ1v) is 27.7. The van der Waals surface area contributed by atoms with Crippen molar-refractivity contribution in [3.8, 4) is 0 Å². The number of nitrogens with two attached hydrogens (primary N) is 2. The zero-order valence-corrected chi connectivity index (χ0v) is 40.0. The lowest BCUT2D eigenvalue weighted by Gasteiger charge is -2.32. The van der Waals surface area contributed by atoms with Gasteiger partial charge in [-0.15, -0.1) is 0 Å². The molecule has 0 aromatic heterocycles. The molecular formula is C54H110N4. The van der Waals surface area contributed by atoms with E-state index in [2.05, 4.69) is 9.80 Å². The molecule has 2 unspecified atom stereocenters. The zero-order valence-electron chi connectivity index (χ0n) is 40.0. The van der Waals surface area contributed by atoms with Gasteiger partial charge >= 0.3 is 0 Å². The van der Waals surface area contributed by atoms with E-state index in [0.29, 0.717) is 0 Å². The molecular weight excluding hydrogens is 705 g/mol. The monoisotopic (exact) mass is 815 g/mol. The molecule has 4 heteroatoms. The lowest BCUT2D eigenvalue weighted by Crippen LogP contribution is -2.36. The Morgan fingerprint density at radius 3 is 0.759 bits per heavy atom. The molecule has 0 spiro atoms. The standard InChI is InChI=1S/C54H110N4/c55-45-35-29-23-17-11-5-1-3-7-13-19-25-31-37-47-57-49-39-43-53(51-57)41-33-27-21-15-9-10-16-22-28-34-42-54-44-40-50-58(52-54)48-38-32-26-20-14-8-4-2-6-12-18-24-30-36-46-56/h53-54H,1-52,55-56H2. The van der Waals surface area contributed by atoms with Crippen molar-refractivity contribution >= 4 is 0 Å². The van der Waals surface area contributed by atoms with E-state index < -0.39 is 0 Å². The van der Waals surface area contributed by atoms with Gasteiger partial charge in [0, 0.05) is 13.1 Å². The molecule has 2 atom stereocenters. The van der Waals surface area contributed by atoms with E-state index in [1.165, 1.54) is 322 Å². The molecule has 0 aliphatic carbocycles. The van der Waals surface area contributed by atoms with E-state index in [9.17, 15) is 0 Å². The highest BCUT2D eigenvalue weighted by Gasteiger charge is 2.20. The summed E-state index contributed by atoms with van der Waals surface area (Å²) < 4.78 is 0. The van der Waals surface area contributed by atoms with E-state index in [0.717, 1.165) is 24.9 Å². The quantitative estimate of drug-likeness (QED) is 0.0601. The maximum absolute atomic E-state index is 5.59. The minimum absolute atomic E-state index is 0.873. The van der Waals surface area contributed by atoms with Crippen LogP contribution in [0, 0.1) is 11.8 Å². The first-order valence-electron chi connectivity index (χ1n) is 27.7. The Hall–Kier alpha value is -0.160. The fourth-order valence-electron chi connectivity index (χ4n) is 10.7. The van der Waals surface area contributed by atoms with Crippen LogP contribution in [-0.2, 0) is 0 Å². The summed E-state index contributed by atoms with van der Waals surface area (Å²) in [5, 5.41) is 0. The van der Waals surface area contributed by atoms with Crippen molar-refractivity contribution in [2.45, 2.75) is 283 Å². The van der Waals surface area contributed by atoms with Crippen LogP contribution in [0.4, 0.5) is 0 Å². The van der Waals surface area contributed by atoms with Crippen molar-refractivity contribution in [1.29, 1.82) is 0 Å². The molecule has 4 nitrogen and oxygen atoms in total. The average Bonchev–Trinajstić information content (AvgIpc) is 3.24. The third kappa shape index (κ3) is 35.4. The fraction of sp³-hybridized carbons (Fsp3) is 1.00. The van der Waals surface area contributed by atoms with Crippen LogP contribution in [-0.4, -0.2) is 62.2 Å². The molecule has 2 aliphatic heterocycles. The molecule has 0 radical (unpaired) electrons. The highest BCUT2D eigenvalue weighted by atomic mass is 15.1. The Morgan fingerprint density at radius 1 is 0.276 bits per heavy atom. The van der Waals surface area contributed by atoms with Gasteiger partial charge in [0.05, 0.1) is 0 Å². The molecule has 0 bridgehead atoms. The number of rotatable bonds is 45. The van der Waals surface area contributed by atoms with Crippen LogP contribution >= 0.6 is 0 Å². The summed E-state index contributed by atoms with van der Waals surface area (Å²) in [6, 6.07) is 0. The number of piperidine rings is 2. The van der Waals surface area contributed by atoms with Crippen molar-refractivity contribution in [2.24, 2.45) is 23.3 Å². The second-order valence-electron chi connectivity index (χ2n) is 20.2. The predicted octanol–water partition coefficient (Wildman–Crippen LogP) is 15.9. The predicted molar refractivity (Wildman–Crippen MR) is 261 cm³/mol. The molecule has 58 heavy (non-hydrogen) atoms. The second-order valence-corrected chi connectivity index (χ2v) is 20.2. The molecule has 2 rings (SSSR count). The molecule has 346 valence electrons. The van der Waals surface area contributed by atoms with E-state index in [1.54, 1.807) is 0 Å². The Labute approximate surface area is 366 Å². The van der Waals surface area contributed by atoms with Gasteiger partial charge in [-0.2, -0.15) is 0 Å². The summed E-state index contributed by atoms with van der Waals surface area (Å²) in [7, 11) is 0. The zero-order chi connectivity index (χ0) is 41.1. The minimum atomic E-state index is 0.873. The van der Waals surface area contributed by atoms with E-state index in [-0.39, 0.29) is 0 Å². The van der Waals surface area contributed by atoms with Crippen LogP contribution in [0.15, 0.2) is 0 Å². The molecule has 0 saturated carbocycles. The third-order valence-electron chi connectivity index (χ3n) is 14.5. The van der Waals surface area contributed by atoms with Crippen molar-refractivity contribution in [3.05, 3.63) is 0 Å². The topological polar surface area (TPSA) is 58.5 Å². The number of hydrogen-bond acceptors (Lipinski definition) is 4. The van der Waals surface area contributed by atoms with Crippen LogP contribution < -0.4 is 11.5 Å². The minimum Gasteiger partial charge on any atom is -0.330 e. The van der Waals surface area contributed by atoms with Gasteiger partial charge in [0.25, 0.3) is 0 Å². The number of likely N-dealkylation sites (tertiary alicyclic amines) is 2. The lowest BCUT2D eigenvalue weighted by molar-refractivity contribution is 0.163. The van der Waals surface area contributed by atoms with Crippen LogP contribution in [0.2, 0.25) is 0 Å². The van der Waals surface area contributed by atoms with Crippen molar-refractivity contribution in [3.63, 3.8) is 0 Å². The molecule has 4 N–H and O–H groups in total. The molecule has 2 saturated heterocycles. The second kappa shape index (κ2) is 43.5. The van der Waals surface area contributed by atoms with Gasteiger partial charge < -0.3 is 21.3 Å². The average molecular weight is 816 g/mol. The summed E-state index contributed by atoms with van der Waals surface area (Å²) in [4.78, 5) is 5.66. The largest absolute Gasteiger partial charge is 0.330 e. The van der Waals surface area contributed by atoms with Gasteiger partial charge in [-0.3, -0.25) is 0 Å². The molecule has 0 aromatic carbocycles.